The van der Waals surface area contributed by atoms with Crippen LogP contribution in [0.25, 0.3) is 11.8 Å². The minimum Gasteiger partial charge on any atom is -0.497 e. The summed E-state index contributed by atoms with van der Waals surface area (Å²) in [5.41, 5.74) is 1.00. The number of carboxylic acids is 1. The van der Waals surface area contributed by atoms with Crippen LogP contribution in [0.2, 0.25) is 0 Å². The van der Waals surface area contributed by atoms with Gasteiger partial charge in [0.15, 0.2) is 5.82 Å². The van der Waals surface area contributed by atoms with Gasteiger partial charge in [0.1, 0.15) is 11.4 Å². The summed E-state index contributed by atoms with van der Waals surface area (Å²) in [5, 5.41) is 20.5. The van der Waals surface area contributed by atoms with E-state index in [0.717, 1.165) is 5.56 Å². The molecular weight excluding hydrogens is 338 g/mol. The molecule has 0 radical (unpaired) electrons. The van der Waals surface area contributed by atoms with Gasteiger partial charge >= 0.3 is 5.97 Å². The van der Waals surface area contributed by atoms with Gasteiger partial charge in [-0.2, -0.15) is 4.68 Å². The second-order valence-electron chi connectivity index (χ2n) is 6.02. The van der Waals surface area contributed by atoms with Crippen molar-refractivity contribution in [3.8, 4) is 5.75 Å². The van der Waals surface area contributed by atoms with Crippen LogP contribution in [-0.2, 0) is 9.59 Å². The zero-order valence-electron chi connectivity index (χ0n) is 14.5. The van der Waals surface area contributed by atoms with Gasteiger partial charge < -0.3 is 14.7 Å². The lowest BCUT2D eigenvalue weighted by molar-refractivity contribution is -0.141. The number of carbonyl (C=O) groups excluding carboxylic acids is 1. The van der Waals surface area contributed by atoms with E-state index < -0.39 is 11.9 Å². The molecule has 1 amide bonds. The van der Waals surface area contributed by atoms with Crippen LogP contribution in [0.15, 0.2) is 24.3 Å². The molecule has 1 N–H and O–H groups in total. The fraction of sp³-hybridized carbons (Fsp3) is 0.353. The largest absolute Gasteiger partial charge is 0.497 e. The van der Waals surface area contributed by atoms with Crippen molar-refractivity contribution in [2.24, 2.45) is 5.92 Å². The SMILES string of the molecule is COc1cccc(/C=C(/C(=O)N2CCC(C(=O)O)C2)n2nnnc2C)c1. The normalized spacial score (nSPS) is 17.4. The average Bonchev–Trinajstić information content (AvgIpc) is 3.28. The van der Waals surface area contributed by atoms with Crippen LogP contribution in [-0.4, -0.2) is 62.3 Å². The van der Waals surface area contributed by atoms with Crippen molar-refractivity contribution in [2.45, 2.75) is 13.3 Å². The molecule has 0 spiro atoms. The van der Waals surface area contributed by atoms with Crippen molar-refractivity contribution in [2.75, 3.05) is 20.2 Å². The number of aliphatic carboxylic acids is 1. The summed E-state index contributed by atoms with van der Waals surface area (Å²) in [4.78, 5) is 25.7. The van der Waals surface area contributed by atoms with Gasteiger partial charge in [0.25, 0.3) is 5.91 Å². The van der Waals surface area contributed by atoms with Crippen LogP contribution in [0.4, 0.5) is 0 Å². The number of rotatable bonds is 5. The van der Waals surface area contributed by atoms with Crippen LogP contribution in [0.1, 0.15) is 17.8 Å². The number of hydrogen-bond acceptors (Lipinski definition) is 6. The van der Waals surface area contributed by atoms with E-state index in [-0.39, 0.29) is 18.1 Å². The van der Waals surface area contributed by atoms with Crippen LogP contribution >= 0.6 is 0 Å². The zero-order valence-corrected chi connectivity index (χ0v) is 14.5. The van der Waals surface area contributed by atoms with Gasteiger partial charge in [0.2, 0.25) is 0 Å². The van der Waals surface area contributed by atoms with Gasteiger partial charge in [-0.25, -0.2) is 0 Å². The lowest BCUT2D eigenvalue weighted by Crippen LogP contribution is -2.32. The van der Waals surface area contributed by atoms with Crippen molar-refractivity contribution in [3.63, 3.8) is 0 Å². The first-order valence-corrected chi connectivity index (χ1v) is 8.12. The molecule has 1 saturated heterocycles. The van der Waals surface area contributed by atoms with Crippen molar-refractivity contribution in [1.82, 2.24) is 25.1 Å². The van der Waals surface area contributed by atoms with E-state index in [1.54, 1.807) is 32.2 Å². The van der Waals surface area contributed by atoms with Crippen molar-refractivity contribution < 1.29 is 19.4 Å². The minimum atomic E-state index is -0.891. The minimum absolute atomic E-state index is 0.171. The first-order valence-electron chi connectivity index (χ1n) is 8.12. The number of carbonyl (C=O) groups is 2. The predicted octanol–water partition coefficient (Wildman–Crippen LogP) is 0.921. The average molecular weight is 357 g/mol. The van der Waals surface area contributed by atoms with Crippen LogP contribution in [0.3, 0.4) is 0 Å². The molecule has 0 bridgehead atoms. The second kappa shape index (κ2) is 7.34. The Balaban J connectivity index is 1.96. The van der Waals surface area contributed by atoms with E-state index in [4.69, 9.17) is 9.84 Å². The number of ether oxygens (including phenoxy) is 1. The Bertz CT molecular complexity index is 860. The Morgan fingerprint density at radius 1 is 1.38 bits per heavy atom. The van der Waals surface area contributed by atoms with Crippen molar-refractivity contribution >= 4 is 23.6 Å². The Morgan fingerprint density at radius 2 is 2.19 bits per heavy atom. The summed E-state index contributed by atoms with van der Waals surface area (Å²) < 4.78 is 6.57. The predicted molar refractivity (Wildman–Crippen MR) is 92.0 cm³/mol. The number of amides is 1. The van der Waals surface area contributed by atoms with Gasteiger partial charge in [0, 0.05) is 13.1 Å². The summed E-state index contributed by atoms with van der Waals surface area (Å²) in [5.74, 6) is -0.635. The number of hydrogen-bond donors (Lipinski definition) is 1. The highest BCUT2D eigenvalue weighted by atomic mass is 16.5. The molecule has 2 aromatic rings. The Hall–Kier alpha value is -3.23. The van der Waals surface area contributed by atoms with E-state index in [1.165, 1.54) is 9.58 Å². The van der Waals surface area contributed by atoms with E-state index in [9.17, 15) is 9.59 Å². The highest BCUT2D eigenvalue weighted by molar-refractivity contribution is 6.18. The molecule has 1 aliphatic heterocycles. The number of carboxylic acid groups (broad SMARTS) is 1. The van der Waals surface area contributed by atoms with Gasteiger partial charge in [-0.1, -0.05) is 12.1 Å². The summed E-state index contributed by atoms with van der Waals surface area (Å²) in [6.07, 6.45) is 2.10. The van der Waals surface area contributed by atoms with Crippen molar-refractivity contribution in [3.05, 3.63) is 35.7 Å². The van der Waals surface area contributed by atoms with Gasteiger partial charge in [0.05, 0.1) is 13.0 Å². The highest BCUT2D eigenvalue weighted by Crippen LogP contribution is 2.23. The van der Waals surface area contributed by atoms with E-state index in [2.05, 4.69) is 15.5 Å². The number of methoxy groups -OCH3 is 1. The maximum atomic E-state index is 13.0. The highest BCUT2D eigenvalue weighted by Gasteiger charge is 2.33. The van der Waals surface area contributed by atoms with Crippen LogP contribution in [0, 0.1) is 12.8 Å². The van der Waals surface area contributed by atoms with E-state index in [1.807, 2.05) is 12.1 Å². The molecule has 1 aromatic carbocycles. The Labute approximate surface area is 149 Å². The van der Waals surface area contributed by atoms with Crippen LogP contribution < -0.4 is 4.74 Å². The first-order chi connectivity index (χ1) is 12.5. The summed E-state index contributed by atoms with van der Waals surface area (Å²) in [7, 11) is 1.57. The Kier molecular flexibility index (Phi) is 4.97. The summed E-state index contributed by atoms with van der Waals surface area (Å²) in [6, 6.07) is 7.24. The number of nitrogens with zero attached hydrogens (tertiary/aromatic N) is 5. The third kappa shape index (κ3) is 3.56. The molecular formula is C17H19N5O4. The topological polar surface area (TPSA) is 110 Å². The fourth-order valence-electron chi connectivity index (χ4n) is 2.87. The molecule has 1 unspecified atom stereocenters. The lowest BCUT2D eigenvalue weighted by Gasteiger charge is -2.18. The summed E-state index contributed by atoms with van der Waals surface area (Å²) >= 11 is 0. The molecule has 26 heavy (non-hydrogen) atoms. The molecule has 9 heteroatoms. The van der Waals surface area contributed by atoms with E-state index >= 15 is 0 Å². The maximum absolute atomic E-state index is 13.0. The lowest BCUT2D eigenvalue weighted by atomic mass is 10.1. The number of aromatic nitrogens is 4. The van der Waals surface area contributed by atoms with Gasteiger partial charge in [-0.3, -0.25) is 9.59 Å². The van der Waals surface area contributed by atoms with Gasteiger partial charge in [-0.15, -0.1) is 5.10 Å². The molecule has 0 aliphatic carbocycles. The van der Waals surface area contributed by atoms with Gasteiger partial charge in [-0.05, 0) is 47.5 Å². The molecule has 1 aromatic heterocycles. The molecule has 9 nitrogen and oxygen atoms in total. The smallest absolute Gasteiger partial charge is 0.308 e. The maximum Gasteiger partial charge on any atom is 0.308 e. The third-order valence-electron chi connectivity index (χ3n) is 4.29. The zero-order chi connectivity index (χ0) is 18.7. The number of benzene rings is 1. The Morgan fingerprint density at radius 3 is 2.81 bits per heavy atom. The monoisotopic (exact) mass is 357 g/mol. The molecule has 0 saturated carbocycles. The number of likely N-dealkylation sites (tertiary alicyclic amines) is 1. The number of tetrazole rings is 1. The third-order valence-corrected chi connectivity index (χ3v) is 4.29. The standard InChI is InChI=1S/C17H19N5O4/c1-11-18-19-20-22(11)15(9-12-4-3-5-14(8-12)26-2)16(23)21-7-6-13(10-21)17(24)25/h3-5,8-9,13H,6-7,10H2,1-2H3,(H,24,25)/b15-9-. The molecule has 136 valence electrons. The molecule has 1 fully saturated rings. The number of aryl methyl sites for hydroxylation is 1. The van der Waals surface area contributed by atoms with E-state index in [0.29, 0.717) is 24.5 Å². The quantitative estimate of drug-likeness (QED) is 0.792. The molecule has 1 aliphatic rings. The summed E-state index contributed by atoms with van der Waals surface area (Å²) in [6.45, 7) is 2.24. The molecule has 3 rings (SSSR count). The fourth-order valence-corrected chi connectivity index (χ4v) is 2.87. The van der Waals surface area contributed by atoms with Crippen molar-refractivity contribution in [1.29, 1.82) is 0 Å². The second-order valence-corrected chi connectivity index (χ2v) is 6.02. The first kappa shape index (κ1) is 17.6. The van der Waals surface area contributed by atoms with Crippen LogP contribution in [0.5, 0.6) is 5.75 Å². The molecule has 1 atom stereocenters. The molecule has 2 heterocycles.